The van der Waals surface area contributed by atoms with Gasteiger partial charge in [0, 0.05) is 30.7 Å². The number of likely N-dealkylation sites (tertiary alicyclic amines) is 1. The summed E-state index contributed by atoms with van der Waals surface area (Å²) in [6.07, 6.45) is 7.39. The van der Waals surface area contributed by atoms with Crippen molar-refractivity contribution in [3.63, 3.8) is 0 Å². The number of halogens is 2. The Labute approximate surface area is 169 Å². The summed E-state index contributed by atoms with van der Waals surface area (Å²) >= 11 is 5.35. The molecule has 1 aromatic carbocycles. The van der Waals surface area contributed by atoms with Gasteiger partial charge in [0.25, 0.3) is 0 Å². The number of carbonyl (C=O) groups is 1. The van der Waals surface area contributed by atoms with Gasteiger partial charge in [-0.2, -0.15) is 8.78 Å². The van der Waals surface area contributed by atoms with E-state index in [-0.39, 0.29) is 17.7 Å². The van der Waals surface area contributed by atoms with E-state index >= 15 is 0 Å². The van der Waals surface area contributed by atoms with Crippen molar-refractivity contribution in [2.45, 2.75) is 57.6 Å². The smallest absolute Gasteiger partial charge is 0.387 e. The third-order valence-corrected chi connectivity index (χ3v) is 5.65. The molecule has 2 N–H and O–H groups in total. The molecule has 0 radical (unpaired) electrons. The van der Waals surface area contributed by atoms with Crippen LogP contribution in [0.1, 0.15) is 44.9 Å². The molecule has 5 nitrogen and oxygen atoms in total. The zero-order chi connectivity index (χ0) is 19.9. The summed E-state index contributed by atoms with van der Waals surface area (Å²) in [4.78, 5) is 14.6. The summed E-state index contributed by atoms with van der Waals surface area (Å²) in [6, 6.07) is 6.42. The number of ether oxygens (including phenoxy) is 1. The number of thiocarbonyl (C=S) groups is 1. The Balaban J connectivity index is 1.40. The van der Waals surface area contributed by atoms with Gasteiger partial charge in [-0.3, -0.25) is 4.79 Å². The highest BCUT2D eigenvalue weighted by atomic mass is 32.1. The lowest BCUT2D eigenvalue weighted by Crippen LogP contribution is -2.49. The number of benzene rings is 1. The number of piperidine rings is 1. The number of nitrogens with zero attached hydrogens (tertiary/aromatic N) is 1. The summed E-state index contributed by atoms with van der Waals surface area (Å²) in [5.74, 6) is 0.650. The first-order valence-electron chi connectivity index (χ1n) is 9.92. The second kappa shape index (κ2) is 10.0. The fraction of sp³-hybridized carbons (Fsp3) is 0.600. The zero-order valence-electron chi connectivity index (χ0n) is 15.8. The first kappa shape index (κ1) is 20.8. The molecular weight excluding hydrogens is 384 g/mol. The minimum Gasteiger partial charge on any atom is -0.435 e. The molecule has 1 heterocycles. The van der Waals surface area contributed by atoms with E-state index in [2.05, 4.69) is 15.4 Å². The lowest BCUT2D eigenvalue weighted by atomic mass is 9.87. The maximum Gasteiger partial charge on any atom is 0.387 e. The van der Waals surface area contributed by atoms with Crippen LogP contribution in [0.3, 0.4) is 0 Å². The van der Waals surface area contributed by atoms with Crippen molar-refractivity contribution in [1.82, 2.24) is 10.2 Å². The number of hydrogen-bond donors (Lipinski definition) is 2. The van der Waals surface area contributed by atoms with Gasteiger partial charge in [-0.15, -0.1) is 0 Å². The molecule has 1 aliphatic heterocycles. The molecule has 28 heavy (non-hydrogen) atoms. The van der Waals surface area contributed by atoms with Crippen LogP contribution in [-0.4, -0.2) is 41.7 Å². The van der Waals surface area contributed by atoms with E-state index < -0.39 is 6.61 Å². The van der Waals surface area contributed by atoms with E-state index in [9.17, 15) is 13.6 Å². The Hall–Kier alpha value is -1.96. The van der Waals surface area contributed by atoms with Crippen LogP contribution in [0.5, 0.6) is 5.75 Å². The predicted molar refractivity (Wildman–Crippen MR) is 109 cm³/mol. The van der Waals surface area contributed by atoms with Crippen LogP contribution >= 0.6 is 12.2 Å². The van der Waals surface area contributed by atoms with Crippen molar-refractivity contribution in [1.29, 1.82) is 0 Å². The quantitative estimate of drug-likeness (QED) is 0.713. The van der Waals surface area contributed by atoms with Gasteiger partial charge >= 0.3 is 6.61 Å². The number of anilines is 1. The van der Waals surface area contributed by atoms with Crippen LogP contribution < -0.4 is 15.4 Å². The molecule has 1 saturated heterocycles. The summed E-state index contributed by atoms with van der Waals surface area (Å²) in [5.41, 5.74) is 0.698. The second-order valence-corrected chi connectivity index (χ2v) is 7.84. The molecule has 0 unspecified atom stereocenters. The highest BCUT2D eigenvalue weighted by Gasteiger charge is 2.29. The largest absolute Gasteiger partial charge is 0.435 e. The van der Waals surface area contributed by atoms with E-state index in [1.165, 1.54) is 31.4 Å². The summed E-state index contributed by atoms with van der Waals surface area (Å²) in [6.45, 7) is -1.32. The Morgan fingerprint density at radius 3 is 2.32 bits per heavy atom. The Morgan fingerprint density at radius 2 is 1.71 bits per heavy atom. The average molecular weight is 412 g/mol. The molecule has 0 atom stereocenters. The molecular formula is C20H27F2N3O2S. The van der Waals surface area contributed by atoms with E-state index in [0.29, 0.717) is 16.7 Å². The monoisotopic (exact) mass is 411 g/mol. The van der Waals surface area contributed by atoms with Gasteiger partial charge in [0.05, 0.1) is 0 Å². The van der Waals surface area contributed by atoms with E-state index in [1.54, 1.807) is 12.1 Å². The highest BCUT2D eigenvalue weighted by Crippen LogP contribution is 2.26. The van der Waals surface area contributed by atoms with Gasteiger partial charge in [0.15, 0.2) is 5.11 Å². The number of alkyl halides is 2. The number of amides is 1. The Kier molecular flexibility index (Phi) is 7.42. The van der Waals surface area contributed by atoms with Crippen molar-refractivity contribution in [3.05, 3.63) is 24.3 Å². The molecule has 1 aliphatic carbocycles. The predicted octanol–water partition coefficient (Wildman–Crippen LogP) is 4.15. The fourth-order valence-electron chi connectivity index (χ4n) is 3.92. The Bertz CT molecular complexity index is 658. The second-order valence-electron chi connectivity index (χ2n) is 7.44. The van der Waals surface area contributed by atoms with Crippen LogP contribution in [0.15, 0.2) is 24.3 Å². The molecule has 1 saturated carbocycles. The third-order valence-electron chi connectivity index (χ3n) is 5.43. The third kappa shape index (κ3) is 6.02. The number of nitrogens with one attached hydrogen (secondary N) is 2. The molecule has 154 valence electrons. The van der Waals surface area contributed by atoms with Crippen LogP contribution in [0.2, 0.25) is 0 Å². The van der Waals surface area contributed by atoms with E-state index in [0.717, 1.165) is 38.8 Å². The van der Waals surface area contributed by atoms with Crippen molar-refractivity contribution in [3.8, 4) is 5.75 Å². The maximum absolute atomic E-state index is 12.6. The molecule has 0 aromatic heterocycles. The number of rotatable bonds is 5. The van der Waals surface area contributed by atoms with Crippen LogP contribution in [0.25, 0.3) is 0 Å². The fourth-order valence-corrected chi connectivity index (χ4v) is 4.21. The van der Waals surface area contributed by atoms with Gasteiger partial charge < -0.3 is 20.3 Å². The van der Waals surface area contributed by atoms with Crippen LogP contribution in [-0.2, 0) is 4.79 Å². The van der Waals surface area contributed by atoms with E-state index in [1.807, 2.05) is 4.90 Å². The number of hydrogen-bond acceptors (Lipinski definition) is 3. The van der Waals surface area contributed by atoms with Gasteiger partial charge in [-0.1, -0.05) is 19.3 Å². The molecule has 0 bridgehead atoms. The first-order valence-corrected chi connectivity index (χ1v) is 10.3. The molecule has 2 fully saturated rings. The molecule has 8 heteroatoms. The van der Waals surface area contributed by atoms with Crippen molar-refractivity contribution >= 4 is 28.9 Å². The van der Waals surface area contributed by atoms with Gasteiger partial charge in [0.1, 0.15) is 5.75 Å². The number of carbonyl (C=O) groups excluding carboxylic acids is 1. The standard InChI is InChI=1S/C20H27F2N3O2S/c21-19(22)27-17-8-6-15(7-9-17)23-20(28)24-16-10-12-25(13-11-16)18(26)14-4-2-1-3-5-14/h6-9,14,16,19H,1-5,10-13H2,(H2,23,24,28). The van der Waals surface area contributed by atoms with Gasteiger partial charge in [0.2, 0.25) is 5.91 Å². The summed E-state index contributed by atoms with van der Waals surface area (Å²) < 4.78 is 28.7. The van der Waals surface area contributed by atoms with Gasteiger partial charge in [-0.05, 0) is 62.2 Å². The molecule has 1 aromatic rings. The van der Waals surface area contributed by atoms with Crippen LogP contribution in [0, 0.1) is 5.92 Å². The minimum atomic E-state index is -2.84. The average Bonchev–Trinajstić information content (AvgIpc) is 2.70. The zero-order valence-corrected chi connectivity index (χ0v) is 16.6. The maximum atomic E-state index is 12.6. The molecule has 0 spiro atoms. The molecule has 3 rings (SSSR count). The SMILES string of the molecule is O=C(C1CCCCC1)N1CCC(NC(=S)Nc2ccc(OC(F)F)cc2)CC1. The Morgan fingerprint density at radius 1 is 1.07 bits per heavy atom. The van der Waals surface area contributed by atoms with E-state index in [4.69, 9.17) is 12.2 Å². The van der Waals surface area contributed by atoms with Crippen molar-refractivity contribution in [2.24, 2.45) is 5.92 Å². The van der Waals surface area contributed by atoms with Crippen LogP contribution in [0.4, 0.5) is 14.5 Å². The van der Waals surface area contributed by atoms with Crippen molar-refractivity contribution in [2.75, 3.05) is 18.4 Å². The summed E-state index contributed by atoms with van der Waals surface area (Å²) in [5, 5.41) is 6.82. The minimum absolute atomic E-state index is 0.106. The molecule has 2 aliphatic rings. The summed E-state index contributed by atoms with van der Waals surface area (Å²) in [7, 11) is 0. The normalized spacial score (nSPS) is 18.8. The first-order chi connectivity index (χ1) is 13.5. The lowest BCUT2D eigenvalue weighted by Gasteiger charge is -2.35. The van der Waals surface area contributed by atoms with Gasteiger partial charge in [-0.25, -0.2) is 0 Å². The lowest BCUT2D eigenvalue weighted by molar-refractivity contribution is -0.137. The molecule has 1 amide bonds. The van der Waals surface area contributed by atoms with Crippen molar-refractivity contribution < 1.29 is 18.3 Å². The topological polar surface area (TPSA) is 53.6 Å². The highest BCUT2D eigenvalue weighted by molar-refractivity contribution is 7.80.